The molecule has 0 aromatic carbocycles. The van der Waals surface area contributed by atoms with Crippen molar-refractivity contribution in [1.29, 1.82) is 0 Å². The van der Waals surface area contributed by atoms with Crippen LogP contribution in [0.15, 0.2) is 0 Å². The molecule has 0 aliphatic carbocycles. The second kappa shape index (κ2) is 3.07. The van der Waals surface area contributed by atoms with Gasteiger partial charge in [-0.2, -0.15) is 0 Å². The number of rotatable bonds is 1. The number of halogens is 1. The fraction of sp³-hybridized carbons (Fsp3) is 0.750. The number of hydrogen-bond acceptors (Lipinski definition) is 3. The first-order valence-electron chi connectivity index (χ1n) is 2.44. The molecule has 2 N–H and O–H groups in total. The van der Waals surface area contributed by atoms with Gasteiger partial charge in [0.2, 0.25) is 0 Å². The van der Waals surface area contributed by atoms with Gasteiger partial charge in [-0.1, -0.05) is 22.6 Å². The van der Waals surface area contributed by atoms with Gasteiger partial charge in [-0.15, -0.1) is 11.8 Å². The Hall–Kier alpha value is 0.510. The third-order valence-electron chi connectivity index (χ3n) is 1.04. The highest BCUT2D eigenvalue weighted by Crippen LogP contribution is 2.23. The molecule has 0 bridgehead atoms. The predicted molar refractivity (Wildman–Crippen MR) is 44.8 cm³/mol. The van der Waals surface area contributed by atoms with Gasteiger partial charge in [-0.3, -0.25) is 10.1 Å². The topological polar surface area (TPSA) is 49.3 Å². The van der Waals surface area contributed by atoms with E-state index in [2.05, 4.69) is 27.9 Å². The van der Waals surface area contributed by atoms with E-state index in [4.69, 9.17) is 5.11 Å². The van der Waals surface area contributed by atoms with Crippen LogP contribution in [0.25, 0.3) is 0 Å². The lowest BCUT2D eigenvalue weighted by atomic mass is 10.4. The van der Waals surface area contributed by atoms with Crippen molar-refractivity contribution in [1.82, 2.24) is 5.32 Å². The van der Waals surface area contributed by atoms with Gasteiger partial charge in [-0.05, 0) is 0 Å². The molecule has 3 nitrogen and oxygen atoms in total. The normalized spacial score (nSPS) is 34.8. The van der Waals surface area contributed by atoms with Crippen LogP contribution < -0.4 is 5.32 Å². The summed E-state index contributed by atoms with van der Waals surface area (Å²) < 4.78 is 0.267. The minimum Gasteiger partial charge on any atom is -0.480 e. The molecule has 5 heteroatoms. The summed E-state index contributed by atoms with van der Waals surface area (Å²) in [4.78, 5) is 10.3. The van der Waals surface area contributed by atoms with Crippen molar-refractivity contribution >= 4 is 40.3 Å². The van der Waals surface area contributed by atoms with Crippen LogP contribution in [-0.4, -0.2) is 26.3 Å². The molecule has 0 aromatic heterocycles. The number of alkyl halides is 1. The second-order valence-electron chi connectivity index (χ2n) is 1.71. The average Bonchev–Trinajstić information content (AvgIpc) is 2.14. The van der Waals surface area contributed by atoms with E-state index in [1.807, 2.05) is 0 Å². The van der Waals surface area contributed by atoms with E-state index in [0.717, 1.165) is 0 Å². The van der Waals surface area contributed by atoms with E-state index in [-0.39, 0.29) is 9.42 Å². The largest absolute Gasteiger partial charge is 0.480 e. The standard InChI is InChI=1S/C4H6INO2S/c5-4-6-2(1-9-4)3(7)8/h2,4,6H,1H2,(H,7,8). The van der Waals surface area contributed by atoms with Crippen LogP contribution in [0.4, 0.5) is 0 Å². The lowest BCUT2D eigenvalue weighted by molar-refractivity contribution is -0.138. The van der Waals surface area contributed by atoms with Gasteiger partial charge < -0.3 is 5.11 Å². The maximum absolute atomic E-state index is 10.3. The number of nitrogens with one attached hydrogen (secondary N) is 1. The molecule has 1 rings (SSSR count). The monoisotopic (exact) mass is 259 g/mol. The average molecular weight is 259 g/mol. The molecule has 52 valence electrons. The summed E-state index contributed by atoms with van der Waals surface area (Å²) in [6.07, 6.45) is 0. The number of aliphatic carboxylic acids is 1. The molecule has 0 amide bonds. The van der Waals surface area contributed by atoms with Gasteiger partial charge in [-0.25, -0.2) is 0 Å². The highest BCUT2D eigenvalue weighted by atomic mass is 127. The number of carbonyl (C=O) groups is 1. The summed E-state index contributed by atoms with van der Waals surface area (Å²) in [6.45, 7) is 0. The molecule has 0 radical (unpaired) electrons. The van der Waals surface area contributed by atoms with Crippen LogP contribution in [-0.2, 0) is 4.79 Å². The first kappa shape index (κ1) is 7.62. The van der Waals surface area contributed by atoms with Crippen LogP contribution in [0.5, 0.6) is 0 Å². The smallest absolute Gasteiger partial charge is 0.321 e. The van der Waals surface area contributed by atoms with Gasteiger partial charge in [0, 0.05) is 5.75 Å². The molecule has 1 aliphatic heterocycles. The van der Waals surface area contributed by atoms with Crippen molar-refractivity contribution < 1.29 is 9.90 Å². The number of thioether (sulfide) groups is 1. The molecule has 2 atom stereocenters. The Kier molecular flexibility index (Phi) is 2.59. The molecule has 0 saturated carbocycles. The molecule has 9 heavy (non-hydrogen) atoms. The first-order chi connectivity index (χ1) is 4.20. The third kappa shape index (κ3) is 1.98. The lowest BCUT2D eigenvalue weighted by Gasteiger charge is -2.01. The zero-order valence-corrected chi connectivity index (χ0v) is 7.48. The van der Waals surface area contributed by atoms with Crippen molar-refractivity contribution in [3.63, 3.8) is 0 Å². The fourth-order valence-electron chi connectivity index (χ4n) is 0.578. The van der Waals surface area contributed by atoms with Gasteiger partial charge >= 0.3 is 5.97 Å². The maximum atomic E-state index is 10.3. The maximum Gasteiger partial charge on any atom is 0.321 e. The zero-order valence-electron chi connectivity index (χ0n) is 4.50. The zero-order chi connectivity index (χ0) is 6.85. The van der Waals surface area contributed by atoms with E-state index in [1.54, 1.807) is 11.8 Å². The molecular weight excluding hydrogens is 253 g/mol. The molecule has 1 heterocycles. The summed E-state index contributed by atoms with van der Waals surface area (Å²) in [5.74, 6) is -0.0650. The Balaban J connectivity index is 2.39. The van der Waals surface area contributed by atoms with Crippen molar-refractivity contribution in [2.45, 2.75) is 9.42 Å². The quantitative estimate of drug-likeness (QED) is 0.409. The van der Waals surface area contributed by atoms with Crippen molar-refractivity contribution in [3.8, 4) is 0 Å². The second-order valence-corrected chi connectivity index (χ2v) is 4.94. The van der Waals surface area contributed by atoms with Crippen molar-refractivity contribution in [2.24, 2.45) is 0 Å². The fourth-order valence-corrected chi connectivity index (χ4v) is 2.50. The van der Waals surface area contributed by atoms with Crippen LogP contribution in [0, 0.1) is 0 Å². The molecule has 0 aromatic rings. The molecule has 1 aliphatic rings. The van der Waals surface area contributed by atoms with E-state index in [1.165, 1.54) is 0 Å². The van der Waals surface area contributed by atoms with E-state index >= 15 is 0 Å². The number of carboxylic acid groups (broad SMARTS) is 1. The van der Waals surface area contributed by atoms with Gasteiger partial charge in [0.05, 0.1) is 0 Å². The Labute approximate surface area is 70.7 Å². The summed E-state index contributed by atoms with van der Waals surface area (Å²) in [5, 5.41) is 11.4. The van der Waals surface area contributed by atoms with Crippen LogP contribution in [0.1, 0.15) is 0 Å². The van der Waals surface area contributed by atoms with Gasteiger partial charge in [0.25, 0.3) is 0 Å². The van der Waals surface area contributed by atoms with Crippen LogP contribution >= 0.6 is 34.4 Å². The summed E-state index contributed by atoms with van der Waals surface area (Å²) in [6, 6.07) is -0.336. The molecule has 1 saturated heterocycles. The molecule has 1 fully saturated rings. The molecule has 0 spiro atoms. The highest BCUT2D eigenvalue weighted by molar-refractivity contribution is 14.1. The minimum absolute atomic E-state index is 0.267. The van der Waals surface area contributed by atoms with Gasteiger partial charge in [0.15, 0.2) is 0 Å². The van der Waals surface area contributed by atoms with E-state index in [0.29, 0.717) is 5.75 Å². The highest BCUT2D eigenvalue weighted by Gasteiger charge is 2.27. The first-order valence-corrected chi connectivity index (χ1v) is 4.74. The summed E-state index contributed by atoms with van der Waals surface area (Å²) in [7, 11) is 0. The van der Waals surface area contributed by atoms with Crippen LogP contribution in [0.3, 0.4) is 0 Å². The Morgan fingerprint density at radius 1 is 1.89 bits per heavy atom. The van der Waals surface area contributed by atoms with E-state index in [9.17, 15) is 4.79 Å². The lowest BCUT2D eigenvalue weighted by Crippen LogP contribution is -2.34. The minimum atomic E-state index is -0.748. The third-order valence-corrected chi connectivity index (χ3v) is 3.43. The predicted octanol–water partition coefficient (Wildman–Crippen LogP) is 0.495. The Bertz CT molecular complexity index is 132. The number of carboxylic acids is 1. The summed E-state index contributed by atoms with van der Waals surface area (Å²) in [5.41, 5.74) is 0. The Morgan fingerprint density at radius 2 is 2.56 bits per heavy atom. The summed E-state index contributed by atoms with van der Waals surface area (Å²) >= 11 is 3.80. The number of hydrogen-bond donors (Lipinski definition) is 2. The Morgan fingerprint density at radius 3 is 2.78 bits per heavy atom. The van der Waals surface area contributed by atoms with E-state index < -0.39 is 5.97 Å². The SMILES string of the molecule is O=C(O)C1CSC(I)N1. The van der Waals surface area contributed by atoms with Gasteiger partial charge in [0.1, 0.15) is 9.42 Å². The molecular formula is C4H6INO2S. The van der Waals surface area contributed by atoms with Crippen LogP contribution in [0.2, 0.25) is 0 Å². The van der Waals surface area contributed by atoms with Crippen molar-refractivity contribution in [3.05, 3.63) is 0 Å². The molecule has 2 unspecified atom stereocenters. The van der Waals surface area contributed by atoms with Crippen molar-refractivity contribution in [2.75, 3.05) is 5.75 Å².